The largest absolute Gasteiger partial charge is 0.486 e. The lowest BCUT2D eigenvalue weighted by Gasteiger charge is -2.08. The van der Waals surface area contributed by atoms with Gasteiger partial charge in [-0.1, -0.05) is 18.8 Å². The first-order valence-electron chi connectivity index (χ1n) is 6.89. The number of rotatable bonds is 5. The minimum atomic E-state index is 0.304. The van der Waals surface area contributed by atoms with Gasteiger partial charge in [-0.25, -0.2) is 0 Å². The van der Waals surface area contributed by atoms with Crippen LogP contribution >= 0.6 is 11.6 Å². The maximum atomic E-state index is 5.70. The van der Waals surface area contributed by atoms with E-state index in [9.17, 15) is 0 Å². The van der Waals surface area contributed by atoms with Crippen LogP contribution in [-0.2, 0) is 6.61 Å². The second-order valence-electron chi connectivity index (χ2n) is 4.68. The van der Waals surface area contributed by atoms with Crippen molar-refractivity contribution in [3.63, 3.8) is 0 Å². The van der Waals surface area contributed by atoms with E-state index in [4.69, 9.17) is 16.3 Å². The van der Waals surface area contributed by atoms with Gasteiger partial charge >= 0.3 is 0 Å². The first-order valence-corrected chi connectivity index (χ1v) is 7.43. The summed E-state index contributed by atoms with van der Waals surface area (Å²) >= 11 is 5.54. The summed E-state index contributed by atoms with van der Waals surface area (Å²) in [7, 11) is 0. The van der Waals surface area contributed by atoms with Gasteiger partial charge in [0.25, 0.3) is 0 Å². The zero-order chi connectivity index (χ0) is 15.1. The van der Waals surface area contributed by atoms with Crippen LogP contribution < -0.4 is 4.74 Å². The Morgan fingerprint density at radius 1 is 1.43 bits per heavy atom. The molecular weight excluding hydrogens is 286 g/mol. The van der Waals surface area contributed by atoms with Crippen molar-refractivity contribution in [2.75, 3.05) is 5.88 Å². The molecule has 110 valence electrons. The molecule has 2 rings (SSSR count). The minimum absolute atomic E-state index is 0.304. The molecule has 5 heteroatoms. The summed E-state index contributed by atoms with van der Waals surface area (Å²) in [6.45, 7) is 4.69. The van der Waals surface area contributed by atoms with Crippen LogP contribution in [-0.4, -0.2) is 20.6 Å². The molecule has 2 aromatic rings. The molecule has 1 atom stereocenters. The quantitative estimate of drug-likeness (QED) is 0.627. The van der Waals surface area contributed by atoms with Gasteiger partial charge in [0.15, 0.2) is 0 Å². The molecule has 0 bridgehead atoms. The third kappa shape index (κ3) is 4.51. The van der Waals surface area contributed by atoms with Crippen molar-refractivity contribution in [1.82, 2.24) is 14.8 Å². The lowest BCUT2D eigenvalue weighted by atomic mass is 10.3. The second-order valence-corrected chi connectivity index (χ2v) is 4.95. The fourth-order valence-corrected chi connectivity index (χ4v) is 1.81. The van der Waals surface area contributed by atoms with Crippen molar-refractivity contribution >= 4 is 11.6 Å². The number of alkyl halides is 1. The highest BCUT2D eigenvalue weighted by atomic mass is 35.5. The smallest absolute Gasteiger partial charge is 0.139 e. The summed E-state index contributed by atoms with van der Waals surface area (Å²) in [5.74, 6) is 6.69. The van der Waals surface area contributed by atoms with E-state index < -0.39 is 0 Å². The van der Waals surface area contributed by atoms with Gasteiger partial charge in [0.2, 0.25) is 0 Å². The molecule has 1 unspecified atom stereocenters. The number of aromatic nitrogens is 3. The topological polar surface area (TPSA) is 39.9 Å². The average molecular weight is 304 g/mol. The highest BCUT2D eigenvalue weighted by molar-refractivity contribution is 6.19. The van der Waals surface area contributed by atoms with Crippen LogP contribution in [0.25, 0.3) is 0 Å². The highest BCUT2D eigenvalue weighted by Crippen LogP contribution is 2.14. The van der Waals surface area contributed by atoms with Crippen LogP contribution in [0.1, 0.15) is 37.6 Å². The number of halogens is 1. The van der Waals surface area contributed by atoms with E-state index in [-0.39, 0.29) is 0 Å². The maximum absolute atomic E-state index is 5.70. The lowest BCUT2D eigenvalue weighted by molar-refractivity contribution is 0.297. The van der Waals surface area contributed by atoms with Crippen molar-refractivity contribution in [3.8, 4) is 17.6 Å². The Balaban J connectivity index is 1.98. The van der Waals surface area contributed by atoms with Crippen LogP contribution in [0.3, 0.4) is 0 Å². The number of pyridine rings is 1. The average Bonchev–Trinajstić information content (AvgIpc) is 2.99. The third-order valence-corrected chi connectivity index (χ3v) is 3.24. The van der Waals surface area contributed by atoms with Crippen LogP contribution in [0.4, 0.5) is 0 Å². The summed E-state index contributed by atoms with van der Waals surface area (Å²) in [5.41, 5.74) is 1.69. The van der Waals surface area contributed by atoms with Crippen LogP contribution in [0, 0.1) is 11.8 Å². The number of hydrogen-bond donors (Lipinski definition) is 0. The Bertz CT molecular complexity index is 642. The van der Waals surface area contributed by atoms with Gasteiger partial charge in [0.05, 0.1) is 17.8 Å². The van der Waals surface area contributed by atoms with Gasteiger partial charge in [0, 0.05) is 24.0 Å². The maximum Gasteiger partial charge on any atom is 0.139 e. The second kappa shape index (κ2) is 7.70. The molecule has 0 aliphatic rings. The molecular formula is C16H18ClN3O. The fourth-order valence-electron chi connectivity index (χ4n) is 1.75. The molecule has 2 aromatic heterocycles. The van der Waals surface area contributed by atoms with Crippen LogP contribution in [0.15, 0.2) is 30.7 Å². The van der Waals surface area contributed by atoms with Gasteiger partial charge < -0.3 is 4.74 Å². The van der Waals surface area contributed by atoms with Crippen molar-refractivity contribution in [1.29, 1.82) is 0 Å². The van der Waals surface area contributed by atoms with E-state index in [2.05, 4.69) is 35.8 Å². The zero-order valence-electron chi connectivity index (χ0n) is 12.2. The summed E-state index contributed by atoms with van der Waals surface area (Å²) in [5, 5.41) is 4.49. The summed E-state index contributed by atoms with van der Waals surface area (Å²) < 4.78 is 7.66. The summed E-state index contributed by atoms with van der Waals surface area (Å²) in [6, 6.07) is 4.21. The van der Waals surface area contributed by atoms with Gasteiger partial charge in [-0.2, -0.15) is 5.10 Å². The van der Waals surface area contributed by atoms with Crippen LogP contribution in [0.2, 0.25) is 0 Å². The first-order chi connectivity index (χ1) is 10.2. The summed E-state index contributed by atoms with van der Waals surface area (Å²) in [4.78, 5) is 4.10. The highest BCUT2D eigenvalue weighted by Gasteiger charge is 2.05. The Kier molecular flexibility index (Phi) is 5.65. The van der Waals surface area contributed by atoms with Gasteiger partial charge in [0.1, 0.15) is 12.4 Å². The molecule has 0 aliphatic heterocycles. The Morgan fingerprint density at radius 3 is 3.05 bits per heavy atom. The van der Waals surface area contributed by atoms with Gasteiger partial charge in [-0.3, -0.25) is 9.67 Å². The van der Waals surface area contributed by atoms with Crippen molar-refractivity contribution < 1.29 is 4.74 Å². The molecule has 0 saturated carbocycles. The monoisotopic (exact) mass is 303 g/mol. The molecule has 0 aliphatic carbocycles. The lowest BCUT2D eigenvalue weighted by Crippen LogP contribution is -2.05. The molecule has 21 heavy (non-hydrogen) atoms. The first kappa shape index (κ1) is 15.4. The third-order valence-electron chi connectivity index (χ3n) is 3.11. The SMILES string of the molecule is CCC(C)n1ccc(COc2cncc(C#CCCl)c2)n1. The van der Waals surface area contributed by atoms with E-state index in [0.717, 1.165) is 17.7 Å². The molecule has 4 nitrogen and oxygen atoms in total. The van der Waals surface area contributed by atoms with Crippen LogP contribution in [0.5, 0.6) is 5.75 Å². The molecule has 0 fully saturated rings. The van der Waals surface area contributed by atoms with E-state index in [1.165, 1.54) is 0 Å². The van der Waals surface area contributed by atoms with Gasteiger partial charge in [-0.15, -0.1) is 11.6 Å². The molecule has 2 heterocycles. The molecule has 0 spiro atoms. The fraction of sp³-hybridized carbons (Fsp3) is 0.375. The normalized spacial score (nSPS) is 11.6. The predicted octanol–water partition coefficient (Wildman–Crippen LogP) is 3.42. The zero-order valence-corrected chi connectivity index (χ0v) is 13.0. The van der Waals surface area contributed by atoms with E-state index >= 15 is 0 Å². The molecule has 0 saturated heterocycles. The Hall–Kier alpha value is -1.99. The number of hydrogen-bond acceptors (Lipinski definition) is 3. The standard InChI is InChI=1S/C16H18ClN3O/c1-3-13(2)20-8-6-15(19-20)12-21-16-9-14(5-4-7-17)10-18-11-16/h6,8-11,13H,3,7,12H2,1-2H3. The molecule has 0 aromatic carbocycles. The van der Waals surface area contributed by atoms with Crippen molar-refractivity contribution in [2.45, 2.75) is 32.9 Å². The number of nitrogens with zero attached hydrogens (tertiary/aromatic N) is 3. The Morgan fingerprint density at radius 2 is 2.29 bits per heavy atom. The van der Waals surface area contributed by atoms with E-state index in [1.807, 2.05) is 23.0 Å². The number of ether oxygens (including phenoxy) is 1. The van der Waals surface area contributed by atoms with E-state index in [0.29, 0.717) is 24.3 Å². The predicted molar refractivity (Wildman–Crippen MR) is 83.4 cm³/mol. The van der Waals surface area contributed by atoms with Gasteiger partial charge in [-0.05, 0) is 25.5 Å². The molecule has 0 N–H and O–H groups in total. The Labute approximate surface area is 130 Å². The molecule has 0 amide bonds. The minimum Gasteiger partial charge on any atom is -0.486 e. The van der Waals surface area contributed by atoms with E-state index in [1.54, 1.807) is 12.4 Å². The van der Waals surface area contributed by atoms with Crippen molar-refractivity contribution in [3.05, 3.63) is 42.0 Å². The van der Waals surface area contributed by atoms with Crippen molar-refractivity contribution in [2.24, 2.45) is 0 Å². The molecule has 0 radical (unpaired) electrons. The summed E-state index contributed by atoms with van der Waals surface area (Å²) in [6.07, 6.45) is 6.38.